The maximum absolute atomic E-state index is 12.6. The Labute approximate surface area is 173 Å². The van der Waals surface area contributed by atoms with Gasteiger partial charge in [0.05, 0.1) is 19.2 Å². The number of nitrogens with zero attached hydrogens (tertiary/aromatic N) is 1. The monoisotopic (exact) mass is 422 g/mol. The number of carbonyl (C=O) groups is 1. The van der Waals surface area contributed by atoms with Crippen LogP contribution in [0.2, 0.25) is 0 Å². The van der Waals surface area contributed by atoms with Crippen molar-refractivity contribution in [3.05, 3.63) is 65.2 Å². The Balaban J connectivity index is 1.84. The van der Waals surface area contributed by atoms with Gasteiger partial charge in [0.2, 0.25) is 0 Å². The minimum absolute atomic E-state index is 0.166. The molecule has 2 aromatic carbocycles. The topological polar surface area (TPSA) is 74.8 Å². The van der Waals surface area contributed by atoms with Crippen molar-refractivity contribution in [2.24, 2.45) is 4.99 Å². The van der Waals surface area contributed by atoms with E-state index in [4.69, 9.17) is 4.74 Å². The van der Waals surface area contributed by atoms with Crippen LogP contribution in [-0.2, 0) is 12.7 Å². The van der Waals surface area contributed by atoms with Crippen LogP contribution in [0.15, 0.2) is 53.5 Å². The lowest BCUT2D eigenvalue weighted by atomic mass is 10.1. The van der Waals surface area contributed by atoms with Crippen LogP contribution >= 0.6 is 0 Å². The number of guanidine groups is 1. The number of hydrogen-bond donors (Lipinski definition) is 3. The molecule has 0 saturated heterocycles. The third-order valence-corrected chi connectivity index (χ3v) is 4.12. The summed E-state index contributed by atoms with van der Waals surface area (Å²) in [4.78, 5) is 16.6. The zero-order chi connectivity index (χ0) is 22.0. The molecular weight excluding hydrogens is 397 g/mol. The summed E-state index contributed by atoms with van der Waals surface area (Å²) in [5.74, 6) is 0.884. The Hall–Kier alpha value is -3.23. The van der Waals surface area contributed by atoms with Gasteiger partial charge in [-0.05, 0) is 37.3 Å². The fraction of sp³-hybridized carbons (Fsp3) is 0.333. The van der Waals surface area contributed by atoms with Gasteiger partial charge in [-0.3, -0.25) is 4.79 Å². The summed E-state index contributed by atoms with van der Waals surface area (Å²) in [7, 11) is 1.60. The lowest BCUT2D eigenvalue weighted by Gasteiger charge is -2.13. The lowest BCUT2D eigenvalue weighted by Crippen LogP contribution is -2.41. The Bertz CT molecular complexity index is 852. The Morgan fingerprint density at radius 3 is 2.30 bits per heavy atom. The van der Waals surface area contributed by atoms with Gasteiger partial charge in [0, 0.05) is 30.8 Å². The SMILES string of the molecule is CCNC(=NCc1ccccc1OC)NCCNC(=O)c1ccc(C(F)(F)F)cc1. The number of alkyl halides is 3. The third-order valence-electron chi connectivity index (χ3n) is 4.12. The molecule has 0 aliphatic rings. The standard InChI is InChI=1S/C21H25F3N4O2/c1-3-25-20(28-14-16-6-4-5-7-18(16)30-2)27-13-12-26-19(29)15-8-10-17(11-9-15)21(22,23)24/h4-11H,3,12-14H2,1-2H3,(H,26,29)(H2,25,27,28). The average molecular weight is 422 g/mol. The van der Waals surface area contributed by atoms with E-state index in [0.29, 0.717) is 25.6 Å². The molecule has 0 aliphatic heterocycles. The first-order valence-corrected chi connectivity index (χ1v) is 9.44. The smallest absolute Gasteiger partial charge is 0.416 e. The number of methoxy groups -OCH3 is 1. The highest BCUT2D eigenvalue weighted by Crippen LogP contribution is 2.29. The van der Waals surface area contributed by atoms with E-state index in [1.807, 2.05) is 31.2 Å². The Kier molecular flexibility index (Phi) is 8.52. The summed E-state index contributed by atoms with van der Waals surface area (Å²) in [6, 6.07) is 11.7. The van der Waals surface area contributed by atoms with Gasteiger partial charge in [-0.1, -0.05) is 18.2 Å². The second-order valence-electron chi connectivity index (χ2n) is 6.26. The van der Waals surface area contributed by atoms with Crippen LogP contribution < -0.4 is 20.7 Å². The van der Waals surface area contributed by atoms with Gasteiger partial charge in [0.1, 0.15) is 5.75 Å². The predicted molar refractivity (Wildman–Crippen MR) is 110 cm³/mol. The molecule has 2 aromatic rings. The van der Waals surface area contributed by atoms with Crippen LogP contribution in [0.1, 0.15) is 28.4 Å². The summed E-state index contributed by atoms with van der Waals surface area (Å²) < 4.78 is 43.1. The molecule has 2 rings (SSSR count). The number of hydrogen-bond acceptors (Lipinski definition) is 3. The third kappa shape index (κ3) is 6.98. The quantitative estimate of drug-likeness (QED) is 0.347. The van der Waals surface area contributed by atoms with Gasteiger partial charge >= 0.3 is 6.18 Å². The van der Waals surface area contributed by atoms with E-state index in [-0.39, 0.29) is 12.1 Å². The van der Waals surface area contributed by atoms with Crippen LogP contribution in [0.3, 0.4) is 0 Å². The normalized spacial score (nSPS) is 11.7. The minimum Gasteiger partial charge on any atom is -0.496 e. The molecule has 6 nitrogen and oxygen atoms in total. The molecule has 0 radical (unpaired) electrons. The molecule has 0 saturated carbocycles. The first-order chi connectivity index (χ1) is 14.3. The molecule has 0 aliphatic carbocycles. The number of amides is 1. The highest BCUT2D eigenvalue weighted by Gasteiger charge is 2.30. The average Bonchev–Trinajstić information content (AvgIpc) is 2.74. The molecule has 0 aromatic heterocycles. The molecule has 1 amide bonds. The number of rotatable bonds is 8. The molecule has 162 valence electrons. The van der Waals surface area contributed by atoms with Crippen LogP contribution in [-0.4, -0.2) is 38.6 Å². The van der Waals surface area contributed by atoms with E-state index in [1.54, 1.807) is 7.11 Å². The Morgan fingerprint density at radius 2 is 1.67 bits per heavy atom. The lowest BCUT2D eigenvalue weighted by molar-refractivity contribution is -0.137. The number of ether oxygens (including phenoxy) is 1. The fourth-order valence-corrected chi connectivity index (χ4v) is 2.61. The summed E-state index contributed by atoms with van der Waals surface area (Å²) >= 11 is 0. The maximum atomic E-state index is 12.6. The van der Waals surface area contributed by atoms with E-state index in [9.17, 15) is 18.0 Å². The molecule has 0 fully saturated rings. The van der Waals surface area contributed by atoms with Gasteiger partial charge in [0.25, 0.3) is 5.91 Å². The van der Waals surface area contributed by atoms with Gasteiger partial charge < -0.3 is 20.7 Å². The van der Waals surface area contributed by atoms with Crippen molar-refractivity contribution in [2.45, 2.75) is 19.6 Å². The van der Waals surface area contributed by atoms with Gasteiger partial charge in [-0.2, -0.15) is 13.2 Å². The molecule has 30 heavy (non-hydrogen) atoms. The van der Waals surface area contributed by atoms with Crippen molar-refractivity contribution in [2.75, 3.05) is 26.7 Å². The number of nitrogens with one attached hydrogen (secondary N) is 3. The minimum atomic E-state index is -4.43. The molecule has 3 N–H and O–H groups in total. The van der Waals surface area contributed by atoms with E-state index in [0.717, 1.165) is 35.6 Å². The number of aliphatic imine (C=N–C) groups is 1. The van der Waals surface area contributed by atoms with Crippen LogP contribution in [0.4, 0.5) is 13.2 Å². The first-order valence-electron chi connectivity index (χ1n) is 9.44. The van der Waals surface area contributed by atoms with Crippen LogP contribution in [0.25, 0.3) is 0 Å². The second kappa shape index (κ2) is 11.1. The predicted octanol–water partition coefficient (Wildman–Crippen LogP) is 3.20. The molecule has 0 atom stereocenters. The van der Waals surface area contributed by atoms with Crippen LogP contribution in [0.5, 0.6) is 5.75 Å². The van der Waals surface area contributed by atoms with E-state index in [1.165, 1.54) is 0 Å². The van der Waals surface area contributed by atoms with Gasteiger partial charge in [-0.15, -0.1) is 0 Å². The number of benzene rings is 2. The zero-order valence-electron chi connectivity index (χ0n) is 16.8. The highest BCUT2D eigenvalue weighted by molar-refractivity contribution is 5.94. The second-order valence-corrected chi connectivity index (χ2v) is 6.26. The van der Waals surface area contributed by atoms with Crippen molar-refractivity contribution in [3.8, 4) is 5.75 Å². The molecule has 0 bridgehead atoms. The van der Waals surface area contributed by atoms with E-state index >= 15 is 0 Å². The number of halogens is 3. The largest absolute Gasteiger partial charge is 0.496 e. The molecule has 0 spiro atoms. The molecule has 0 unspecified atom stereocenters. The summed E-state index contributed by atoms with van der Waals surface area (Å²) in [6.07, 6.45) is -4.43. The van der Waals surface area contributed by atoms with Crippen molar-refractivity contribution in [1.29, 1.82) is 0 Å². The number of para-hydroxylation sites is 1. The highest BCUT2D eigenvalue weighted by atomic mass is 19.4. The van der Waals surface area contributed by atoms with E-state index in [2.05, 4.69) is 20.9 Å². The summed E-state index contributed by atoms with van der Waals surface area (Å²) in [6.45, 7) is 3.68. The molecular formula is C21H25F3N4O2. The fourth-order valence-electron chi connectivity index (χ4n) is 2.61. The van der Waals surface area contributed by atoms with Crippen molar-refractivity contribution >= 4 is 11.9 Å². The molecule has 0 heterocycles. The maximum Gasteiger partial charge on any atom is 0.416 e. The Morgan fingerprint density at radius 1 is 1.00 bits per heavy atom. The summed E-state index contributed by atoms with van der Waals surface area (Å²) in [5.41, 5.74) is 0.315. The van der Waals surface area contributed by atoms with Crippen molar-refractivity contribution in [1.82, 2.24) is 16.0 Å². The zero-order valence-corrected chi connectivity index (χ0v) is 16.8. The van der Waals surface area contributed by atoms with Crippen LogP contribution in [0, 0.1) is 0 Å². The van der Waals surface area contributed by atoms with E-state index < -0.39 is 17.6 Å². The molecule has 9 heteroatoms. The van der Waals surface area contributed by atoms with Crippen molar-refractivity contribution < 1.29 is 22.7 Å². The number of carbonyl (C=O) groups excluding carboxylic acids is 1. The van der Waals surface area contributed by atoms with Crippen molar-refractivity contribution in [3.63, 3.8) is 0 Å². The first kappa shape index (κ1) is 23.1. The van der Waals surface area contributed by atoms with Gasteiger partial charge in [-0.25, -0.2) is 4.99 Å². The van der Waals surface area contributed by atoms with Gasteiger partial charge in [0.15, 0.2) is 5.96 Å². The summed E-state index contributed by atoms with van der Waals surface area (Å²) in [5, 5.41) is 8.87.